The Kier molecular flexibility index (Phi) is 4.79. The third-order valence-corrected chi connectivity index (χ3v) is 3.62. The maximum absolute atomic E-state index is 11.1. The fraction of sp³-hybridized carbons (Fsp3) is 0.917. The molecule has 0 aromatic rings. The van der Waals surface area contributed by atoms with Crippen molar-refractivity contribution in [2.45, 2.75) is 50.5 Å². The highest BCUT2D eigenvalue weighted by Gasteiger charge is 2.36. The lowest BCUT2D eigenvalue weighted by atomic mass is 10.1. The highest BCUT2D eigenvalue weighted by Crippen LogP contribution is 2.25. The molecule has 2 rings (SSSR count). The minimum atomic E-state index is -0.941. The fourth-order valence-electron chi connectivity index (χ4n) is 2.69. The van der Waals surface area contributed by atoms with Gasteiger partial charge in [-0.05, 0) is 32.1 Å². The van der Waals surface area contributed by atoms with E-state index in [1.54, 1.807) is 0 Å². The maximum Gasteiger partial charge on any atom is 0.407 e. The molecule has 2 heterocycles. The SMILES string of the molecule is O=C(O)N1CCC[C@H]1[C@H](CO)OC1CCCCO1. The fourth-order valence-corrected chi connectivity index (χ4v) is 2.69. The van der Waals surface area contributed by atoms with Crippen LogP contribution in [0.25, 0.3) is 0 Å². The second-order valence-corrected chi connectivity index (χ2v) is 4.84. The van der Waals surface area contributed by atoms with Crippen molar-refractivity contribution < 1.29 is 24.5 Å². The summed E-state index contributed by atoms with van der Waals surface area (Å²) in [4.78, 5) is 12.4. The zero-order valence-electron chi connectivity index (χ0n) is 10.5. The smallest absolute Gasteiger partial charge is 0.407 e. The van der Waals surface area contributed by atoms with Crippen molar-refractivity contribution in [1.82, 2.24) is 4.90 Å². The van der Waals surface area contributed by atoms with Gasteiger partial charge in [-0.15, -0.1) is 0 Å². The first-order chi connectivity index (χ1) is 8.72. The molecule has 0 bridgehead atoms. The second kappa shape index (κ2) is 6.36. The quantitative estimate of drug-likeness (QED) is 0.788. The summed E-state index contributed by atoms with van der Waals surface area (Å²) in [7, 11) is 0. The monoisotopic (exact) mass is 259 g/mol. The summed E-state index contributed by atoms with van der Waals surface area (Å²) in [6.45, 7) is 1.02. The second-order valence-electron chi connectivity index (χ2n) is 4.84. The van der Waals surface area contributed by atoms with E-state index < -0.39 is 12.2 Å². The zero-order chi connectivity index (χ0) is 13.0. The van der Waals surface area contributed by atoms with Crippen LogP contribution in [0.5, 0.6) is 0 Å². The molecule has 2 N–H and O–H groups in total. The molecule has 0 aliphatic carbocycles. The van der Waals surface area contributed by atoms with E-state index in [0.717, 1.165) is 32.1 Å². The number of nitrogens with zero attached hydrogens (tertiary/aromatic N) is 1. The van der Waals surface area contributed by atoms with Crippen molar-refractivity contribution >= 4 is 6.09 Å². The summed E-state index contributed by atoms with van der Waals surface area (Å²) >= 11 is 0. The van der Waals surface area contributed by atoms with Gasteiger partial charge in [-0.3, -0.25) is 0 Å². The molecule has 0 aromatic heterocycles. The topological polar surface area (TPSA) is 79.2 Å². The molecule has 18 heavy (non-hydrogen) atoms. The first-order valence-electron chi connectivity index (χ1n) is 6.60. The molecular weight excluding hydrogens is 238 g/mol. The van der Waals surface area contributed by atoms with Gasteiger partial charge >= 0.3 is 6.09 Å². The molecule has 104 valence electrons. The Balaban J connectivity index is 1.92. The van der Waals surface area contributed by atoms with Crippen molar-refractivity contribution in [2.24, 2.45) is 0 Å². The molecule has 2 fully saturated rings. The van der Waals surface area contributed by atoms with Crippen molar-refractivity contribution in [3.8, 4) is 0 Å². The number of carbonyl (C=O) groups is 1. The normalized spacial score (nSPS) is 30.4. The Hall–Kier alpha value is -0.850. The van der Waals surface area contributed by atoms with Gasteiger partial charge in [0, 0.05) is 13.2 Å². The summed E-state index contributed by atoms with van der Waals surface area (Å²) in [6.07, 6.45) is 2.75. The van der Waals surface area contributed by atoms with Crippen molar-refractivity contribution in [2.75, 3.05) is 19.8 Å². The highest BCUT2D eigenvalue weighted by molar-refractivity contribution is 5.65. The summed E-state index contributed by atoms with van der Waals surface area (Å²) < 4.78 is 11.2. The van der Waals surface area contributed by atoms with E-state index in [4.69, 9.17) is 14.6 Å². The van der Waals surface area contributed by atoms with Gasteiger partial charge in [0.2, 0.25) is 0 Å². The highest BCUT2D eigenvalue weighted by atomic mass is 16.7. The molecule has 0 radical (unpaired) electrons. The van der Waals surface area contributed by atoms with E-state index >= 15 is 0 Å². The van der Waals surface area contributed by atoms with Crippen LogP contribution < -0.4 is 0 Å². The van der Waals surface area contributed by atoms with Gasteiger partial charge in [0.15, 0.2) is 6.29 Å². The lowest BCUT2D eigenvalue weighted by Gasteiger charge is -2.32. The number of hydrogen-bond donors (Lipinski definition) is 2. The number of hydrogen-bond acceptors (Lipinski definition) is 4. The van der Waals surface area contributed by atoms with Crippen LogP contribution in [0.15, 0.2) is 0 Å². The van der Waals surface area contributed by atoms with Gasteiger partial charge in [-0.25, -0.2) is 4.79 Å². The van der Waals surface area contributed by atoms with Crippen molar-refractivity contribution in [1.29, 1.82) is 0 Å². The number of aliphatic hydroxyl groups is 1. The standard InChI is InChI=1S/C12H21NO5/c14-8-10(18-11-5-1-2-7-17-11)9-4-3-6-13(9)12(15)16/h9-11,14H,1-8H2,(H,15,16)/t9-,10-,11?/m0/s1. The Labute approximate surface area is 106 Å². The Morgan fingerprint density at radius 1 is 1.39 bits per heavy atom. The number of amides is 1. The van der Waals surface area contributed by atoms with Gasteiger partial charge in [0.1, 0.15) is 6.10 Å². The first kappa shape index (κ1) is 13.6. The average molecular weight is 259 g/mol. The molecule has 6 nitrogen and oxygen atoms in total. The van der Waals surface area contributed by atoms with Crippen LogP contribution in [0.2, 0.25) is 0 Å². The van der Waals surface area contributed by atoms with Gasteiger partial charge < -0.3 is 24.6 Å². The van der Waals surface area contributed by atoms with E-state index in [-0.39, 0.29) is 18.9 Å². The van der Waals surface area contributed by atoms with E-state index in [0.29, 0.717) is 13.2 Å². The lowest BCUT2D eigenvalue weighted by molar-refractivity contribution is -0.204. The van der Waals surface area contributed by atoms with Crippen LogP contribution in [-0.2, 0) is 9.47 Å². The molecule has 0 spiro atoms. The van der Waals surface area contributed by atoms with Gasteiger partial charge in [0.25, 0.3) is 0 Å². The molecule has 1 unspecified atom stereocenters. The van der Waals surface area contributed by atoms with Crippen molar-refractivity contribution in [3.05, 3.63) is 0 Å². The van der Waals surface area contributed by atoms with Crippen LogP contribution in [0.4, 0.5) is 4.79 Å². The predicted molar refractivity (Wildman–Crippen MR) is 63.3 cm³/mol. The molecule has 1 amide bonds. The summed E-state index contributed by atoms with van der Waals surface area (Å²) in [5.74, 6) is 0. The van der Waals surface area contributed by atoms with Crippen LogP contribution in [0, 0.1) is 0 Å². The predicted octanol–water partition coefficient (Wildman–Crippen LogP) is 1.03. The van der Waals surface area contributed by atoms with E-state index in [1.165, 1.54) is 4.90 Å². The molecule has 0 aromatic carbocycles. The number of carboxylic acid groups (broad SMARTS) is 1. The number of rotatable bonds is 4. The minimum absolute atomic E-state index is 0.172. The summed E-state index contributed by atoms with van der Waals surface area (Å²) in [5, 5.41) is 18.5. The molecule has 2 aliphatic heterocycles. The summed E-state index contributed by atoms with van der Waals surface area (Å²) in [6, 6.07) is -0.252. The lowest BCUT2D eigenvalue weighted by Crippen LogP contribution is -2.46. The Morgan fingerprint density at radius 3 is 2.83 bits per heavy atom. The summed E-state index contributed by atoms with van der Waals surface area (Å²) in [5.41, 5.74) is 0. The Bertz CT molecular complexity index is 280. The average Bonchev–Trinajstić information content (AvgIpc) is 2.86. The third-order valence-electron chi connectivity index (χ3n) is 3.62. The zero-order valence-corrected chi connectivity index (χ0v) is 10.5. The molecular formula is C12H21NO5. The van der Waals surface area contributed by atoms with Gasteiger partial charge in [0.05, 0.1) is 12.6 Å². The van der Waals surface area contributed by atoms with Crippen LogP contribution in [0.1, 0.15) is 32.1 Å². The van der Waals surface area contributed by atoms with Crippen LogP contribution in [-0.4, -0.2) is 59.4 Å². The van der Waals surface area contributed by atoms with E-state index in [2.05, 4.69) is 0 Å². The molecule has 6 heteroatoms. The van der Waals surface area contributed by atoms with Crippen LogP contribution in [0.3, 0.4) is 0 Å². The van der Waals surface area contributed by atoms with Crippen LogP contribution >= 0.6 is 0 Å². The number of aliphatic hydroxyl groups excluding tert-OH is 1. The maximum atomic E-state index is 11.1. The van der Waals surface area contributed by atoms with Gasteiger partial charge in [-0.1, -0.05) is 0 Å². The number of ether oxygens (including phenoxy) is 2. The molecule has 2 aliphatic rings. The minimum Gasteiger partial charge on any atom is -0.465 e. The molecule has 2 saturated heterocycles. The van der Waals surface area contributed by atoms with E-state index in [9.17, 15) is 9.90 Å². The van der Waals surface area contributed by atoms with Gasteiger partial charge in [-0.2, -0.15) is 0 Å². The largest absolute Gasteiger partial charge is 0.465 e. The Morgan fingerprint density at radius 2 is 2.22 bits per heavy atom. The first-order valence-corrected chi connectivity index (χ1v) is 6.60. The molecule has 3 atom stereocenters. The molecule has 0 saturated carbocycles. The van der Waals surface area contributed by atoms with Crippen molar-refractivity contribution in [3.63, 3.8) is 0 Å². The number of likely N-dealkylation sites (tertiary alicyclic amines) is 1. The third kappa shape index (κ3) is 3.13. The van der Waals surface area contributed by atoms with E-state index in [1.807, 2.05) is 0 Å².